The summed E-state index contributed by atoms with van der Waals surface area (Å²) < 4.78 is 38.1. The zero-order valence-corrected chi connectivity index (χ0v) is 26.7. The molecule has 0 radical (unpaired) electrons. The van der Waals surface area contributed by atoms with E-state index in [1.54, 1.807) is 25.3 Å². The molecule has 7 rings (SSSR count). The van der Waals surface area contributed by atoms with Crippen LogP contribution in [0.2, 0.25) is 0 Å². The fraction of sp³-hybridized carbons (Fsp3) is 0.278. The predicted molar refractivity (Wildman–Crippen MR) is 182 cm³/mol. The van der Waals surface area contributed by atoms with Gasteiger partial charge in [0, 0.05) is 30.4 Å². The molecule has 5 aromatic rings. The zero-order chi connectivity index (χ0) is 33.9. The van der Waals surface area contributed by atoms with E-state index in [1.165, 1.54) is 24.3 Å². The van der Waals surface area contributed by atoms with E-state index in [-0.39, 0.29) is 57.7 Å². The number of phenols is 1. The van der Waals surface area contributed by atoms with Crippen LogP contribution in [0.3, 0.4) is 0 Å². The number of nitrogen functional groups attached to an aromatic ring is 1. The highest BCUT2D eigenvalue weighted by molar-refractivity contribution is 6.01. The minimum atomic E-state index is -0.894. The van der Waals surface area contributed by atoms with Gasteiger partial charge in [-0.1, -0.05) is 43.4 Å². The van der Waals surface area contributed by atoms with Crippen LogP contribution in [0.15, 0.2) is 71.7 Å². The first-order valence-electron chi connectivity index (χ1n) is 15.7. The summed E-state index contributed by atoms with van der Waals surface area (Å²) in [5.74, 6) is -1.24. The predicted octanol–water partition coefficient (Wildman–Crippen LogP) is 6.17. The number of hydrogen-bond donors (Lipinski definition) is 4. The number of nitrogens with one attached hydrogen (secondary N) is 2. The summed E-state index contributed by atoms with van der Waals surface area (Å²) in [6.45, 7) is 13.6. The van der Waals surface area contributed by atoms with Crippen LogP contribution in [-0.4, -0.2) is 55.2 Å². The van der Waals surface area contributed by atoms with Crippen LogP contribution in [-0.2, 0) is 6.42 Å². The third kappa shape index (κ3) is 5.22. The Morgan fingerprint density at radius 1 is 1.15 bits per heavy atom. The molecule has 2 aliphatic rings. The number of aromatic amines is 1. The van der Waals surface area contributed by atoms with Crippen molar-refractivity contribution in [3.8, 4) is 23.0 Å². The van der Waals surface area contributed by atoms with Crippen LogP contribution in [0.25, 0.3) is 32.9 Å². The number of aryl methyl sites for hydroxylation is 1. The van der Waals surface area contributed by atoms with Gasteiger partial charge >= 0.3 is 6.01 Å². The fourth-order valence-electron chi connectivity index (χ4n) is 7.29. The molecule has 10 nitrogen and oxygen atoms in total. The Morgan fingerprint density at radius 2 is 1.90 bits per heavy atom. The number of H-pyrrole nitrogens is 1. The first kappa shape index (κ1) is 31.3. The molecule has 0 amide bonds. The molecule has 1 atom stereocenters. The average molecular weight is 652 g/mol. The number of aromatic nitrogens is 4. The van der Waals surface area contributed by atoms with Crippen molar-refractivity contribution in [1.29, 1.82) is 0 Å². The molecule has 0 spiro atoms. The first-order chi connectivity index (χ1) is 23.0. The lowest BCUT2D eigenvalue weighted by atomic mass is 9.92. The molecule has 0 saturated carbocycles. The monoisotopic (exact) mass is 651 g/mol. The average Bonchev–Trinajstić information content (AvgIpc) is 3.51. The number of fused-ring (bicyclic) bond motifs is 3. The largest absolute Gasteiger partial charge is 0.508 e. The number of phenolic OH excluding ortho intramolecular Hbond substituents is 1. The van der Waals surface area contributed by atoms with Gasteiger partial charge in [-0.15, -0.1) is 0 Å². The molecule has 3 aromatic heterocycles. The number of pyridine rings is 2. The number of hydrogen-bond acceptors (Lipinski definition) is 9. The number of benzene rings is 2. The maximum absolute atomic E-state index is 16.9. The normalized spacial score (nSPS) is 16.5. The van der Waals surface area contributed by atoms with Gasteiger partial charge in [0.05, 0.1) is 17.3 Å². The van der Waals surface area contributed by atoms with Gasteiger partial charge in [-0.3, -0.25) is 9.69 Å². The maximum atomic E-state index is 16.9. The molecule has 12 heteroatoms. The summed E-state index contributed by atoms with van der Waals surface area (Å²) >= 11 is 0. The Labute approximate surface area is 275 Å². The Morgan fingerprint density at radius 3 is 2.60 bits per heavy atom. The highest BCUT2D eigenvalue weighted by Gasteiger charge is 2.48. The number of ether oxygens (including phenoxy) is 1. The summed E-state index contributed by atoms with van der Waals surface area (Å²) in [5, 5.41) is 14.5. The molecular weight excluding hydrogens is 616 g/mol. The lowest BCUT2D eigenvalue weighted by molar-refractivity contribution is 0.108. The van der Waals surface area contributed by atoms with Crippen molar-refractivity contribution < 1.29 is 18.6 Å². The van der Waals surface area contributed by atoms with Gasteiger partial charge < -0.3 is 25.9 Å². The molecule has 5 N–H and O–H groups in total. The third-order valence-electron chi connectivity index (χ3n) is 9.38. The van der Waals surface area contributed by atoms with Gasteiger partial charge in [0.1, 0.15) is 40.7 Å². The van der Waals surface area contributed by atoms with Crippen molar-refractivity contribution in [2.45, 2.75) is 44.7 Å². The van der Waals surface area contributed by atoms with Gasteiger partial charge in [-0.25, -0.2) is 13.8 Å². The molecule has 48 heavy (non-hydrogen) atoms. The van der Waals surface area contributed by atoms with Crippen LogP contribution in [0.4, 0.5) is 20.4 Å². The highest BCUT2D eigenvalue weighted by atomic mass is 19.1. The molecule has 5 heterocycles. The van der Waals surface area contributed by atoms with E-state index in [9.17, 15) is 14.3 Å². The number of aromatic hydroxyl groups is 1. The van der Waals surface area contributed by atoms with Gasteiger partial charge in [0.15, 0.2) is 5.82 Å². The Bertz CT molecular complexity index is 2200. The summed E-state index contributed by atoms with van der Waals surface area (Å²) in [6, 6.07) is 8.46. The number of halogens is 2. The van der Waals surface area contributed by atoms with Gasteiger partial charge in [-0.2, -0.15) is 9.97 Å². The zero-order valence-electron chi connectivity index (χ0n) is 26.7. The van der Waals surface area contributed by atoms with Crippen molar-refractivity contribution in [3.05, 3.63) is 100 Å². The van der Waals surface area contributed by atoms with Crippen LogP contribution in [0, 0.1) is 11.6 Å². The second-order valence-electron chi connectivity index (χ2n) is 12.8. The van der Waals surface area contributed by atoms with E-state index < -0.39 is 23.2 Å². The summed E-state index contributed by atoms with van der Waals surface area (Å²) in [7, 11) is 0. The SMILES string of the molecule is C=C1CN2CC(=C)CC2(COc2nc(NC(C)c3cccnc3N)c3c(=O)[nH]c(-c4cc(O)cc5ccc(F)c(CC)c45)c(F)c3n2)C1. The first-order valence-corrected chi connectivity index (χ1v) is 15.7. The molecule has 0 bridgehead atoms. The highest BCUT2D eigenvalue weighted by Crippen LogP contribution is 2.43. The Kier molecular flexibility index (Phi) is 7.62. The third-order valence-corrected chi connectivity index (χ3v) is 9.38. The van der Waals surface area contributed by atoms with E-state index in [0.717, 1.165) is 24.2 Å². The quantitative estimate of drug-likeness (QED) is 0.145. The second-order valence-corrected chi connectivity index (χ2v) is 12.8. The van der Waals surface area contributed by atoms with E-state index in [1.807, 2.05) is 6.92 Å². The minimum Gasteiger partial charge on any atom is -0.508 e. The summed E-state index contributed by atoms with van der Waals surface area (Å²) in [5.41, 5.74) is 7.75. The minimum absolute atomic E-state index is 0.0273. The lowest BCUT2D eigenvalue weighted by Gasteiger charge is -2.30. The van der Waals surface area contributed by atoms with Crippen LogP contribution in [0.5, 0.6) is 11.8 Å². The number of rotatable bonds is 8. The smallest absolute Gasteiger partial charge is 0.319 e. The topological polar surface area (TPSA) is 142 Å². The number of anilines is 2. The fourth-order valence-corrected chi connectivity index (χ4v) is 7.29. The Hall–Kier alpha value is -5.36. The Balaban J connectivity index is 1.40. The van der Waals surface area contributed by atoms with E-state index in [0.29, 0.717) is 41.2 Å². The van der Waals surface area contributed by atoms with Crippen molar-refractivity contribution in [2.75, 3.05) is 30.7 Å². The summed E-state index contributed by atoms with van der Waals surface area (Å²) in [4.78, 5) is 32.0. The molecule has 1 unspecified atom stereocenters. The van der Waals surface area contributed by atoms with Crippen molar-refractivity contribution in [1.82, 2.24) is 24.8 Å². The van der Waals surface area contributed by atoms with E-state index >= 15 is 4.39 Å². The lowest BCUT2D eigenvalue weighted by Crippen LogP contribution is -2.43. The second kappa shape index (κ2) is 11.7. The van der Waals surface area contributed by atoms with Gasteiger partial charge in [-0.05, 0) is 66.8 Å². The number of nitrogens with zero attached hydrogens (tertiary/aromatic N) is 4. The summed E-state index contributed by atoms with van der Waals surface area (Å²) in [6.07, 6.45) is 3.28. The number of nitrogens with two attached hydrogens (primary N) is 1. The molecule has 0 aliphatic carbocycles. The standard InChI is InChI=1S/C36H35F2N7O3/c1-5-23-26(37)9-8-21-11-22(46)12-25(27(21)23)30-29(38)31-28(34(47)42-30)33(41-20(4)24-7-6-10-40-32(24)39)44-35(43-31)48-17-36-13-18(2)15-45(36)16-19(3)14-36/h6-12,20,46H,2-3,5,13-17H2,1,4H3,(H2,39,40)(H,42,47)(H,41,43,44). The van der Waals surface area contributed by atoms with E-state index in [4.69, 9.17) is 10.5 Å². The van der Waals surface area contributed by atoms with Crippen molar-refractivity contribution in [2.24, 2.45) is 0 Å². The molecule has 2 aliphatic heterocycles. The van der Waals surface area contributed by atoms with Crippen molar-refractivity contribution >= 4 is 33.3 Å². The van der Waals surface area contributed by atoms with Crippen LogP contribution in [0.1, 0.15) is 43.9 Å². The van der Waals surface area contributed by atoms with E-state index in [2.05, 4.69) is 43.3 Å². The molecule has 2 aromatic carbocycles. The van der Waals surface area contributed by atoms with Gasteiger partial charge in [0.2, 0.25) is 0 Å². The molecule has 2 saturated heterocycles. The van der Waals surface area contributed by atoms with Crippen molar-refractivity contribution in [3.63, 3.8) is 0 Å². The molecular formula is C36H35F2N7O3. The van der Waals surface area contributed by atoms with Crippen LogP contribution >= 0.6 is 0 Å². The van der Waals surface area contributed by atoms with Crippen LogP contribution < -0.4 is 21.3 Å². The van der Waals surface area contributed by atoms with Gasteiger partial charge in [0.25, 0.3) is 5.56 Å². The molecule has 2 fully saturated rings. The molecule has 246 valence electrons. The maximum Gasteiger partial charge on any atom is 0.319 e.